The van der Waals surface area contributed by atoms with Crippen LogP contribution in [0.5, 0.6) is 5.75 Å². The number of anilines is 1. The molecule has 2 aromatic rings. The van der Waals surface area contributed by atoms with Gasteiger partial charge in [-0.1, -0.05) is 25.9 Å². The molecule has 0 spiro atoms. The summed E-state index contributed by atoms with van der Waals surface area (Å²) in [6.07, 6.45) is 0.757. The molecule has 2 rings (SSSR count). The first-order valence-corrected chi connectivity index (χ1v) is 6.15. The highest BCUT2D eigenvalue weighted by Gasteiger charge is 2.18. The third-order valence-corrected chi connectivity index (χ3v) is 2.65. The summed E-state index contributed by atoms with van der Waals surface area (Å²) < 4.78 is 10.4. The molecular formula is C14H19N3O2. The van der Waals surface area contributed by atoms with Crippen LogP contribution in [0.25, 0.3) is 11.5 Å². The van der Waals surface area contributed by atoms with Crippen molar-refractivity contribution in [1.29, 1.82) is 0 Å². The van der Waals surface area contributed by atoms with Crippen molar-refractivity contribution in [3.8, 4) is 17.2 Å². The van der Waals surface area contributed by atoms with E-state index in [9.17, 15) is 0 Å². The van der Waals surface area contributed by atoms with E-state index in [0.29, 0.717) is 23.2 Å². The third kappa shape index (κ3) is 3.24. The number of ether oxygens (including phenoxy) is 1. The zero-order chi connectivity index (χ0) is 14.0. The van der Waals surface area contributed by atoms with Crippen LogP contribution in [0, 0.1) is 5.41 Å². The van der Waals surface area contributed by atoms with Gasteiger partial charge in [-0.05, 0) is 17.5 Å². The Hall–Kier alpha value is -2.04. The van der Waals surface area contributed by atoms with E-state index in [2.05, 4.69) is 30.9 Å². The number of hydrogen-bond acceptors (Lipinski definition) is 5. The number of nitrogens with two attached hydrogens (primary N) is 1. The first kappa shape index (κ1) is 13.4. The van der Waals surface area contributed by atoms with Crippen LogP contribution in [0.3, 0.4) is 0 Å². The molecule has 5 nitrogen and oxygen atoms in total. The second-order valence-corrected chi connectivity index (χ2v) is 5.71. The van der Waals surface area contributed by atoms with Gasteiger partial charge in [-0.3, -0.25) is 0 Å². The van der Waals surface area contributed by atoms with E-state index in [1.165, 1.54) is 0 Å². The molecule has 19 heavy (non-hydrogen) atoms. The molecule has 0 bridgehead atoms. The van der Waals surface area contributed by atoms with E-state index in [1.54, 1.807) is 13.2 Å². The molecule has 0 saturated carbocycles. The van der Waals surface area contributed by atoms with Gasteiger partial charge >= 0.3 is 0 Å². The fraction of sp³-hybridized carbons (Fsp3) is 0.429. The van der Waals surface area contributed by atoms with Gasteiger partial charge in [0.05, 0.1) is 12.7 Å². The smallest absolute Gasteiger partial charge is 0.260 e. The van der Waals surface area contributed by atoms with E-state index in [0.717, 1.165) is 12.0 Å². The maximum atomic E-state index is 5.96. The number of rotatable bonds is 3. The maximum absolute atomic E-state index is 5.96. The summed E-state index contributed by atoms with van der Waals surface area (Å²) in [7, 11) is 1.60. The highest BCUT2D eigenvalue weighted by Crippen LogP contribution is 2.29. The number of methoxy groups -OCH3 is 1. The fourth-order valence-corrected chi connectivity index (χ4v) is 1.77. The van der Waals surface area contributed by atoms with Gasteiger partial charge in [0.15, 0.2) is 5.82 Å². The van der Waals surface area contributed by atoms with E-state index in [1.807, 2.05) is 12.1 Å². The molecule has 2 N–H and O–H groups in total. The summed E-state index contributed by atoms with van der Waals surface area (Å²) in [5.41, 5.74) is 7.37. The Morgan fingerprint density at radius 2 is 2.05 bits per heavy atom. The van der Waals surface area contributed by atoms with Crippen LogP contribution in [-0.2, 0) is 6.42 Å². The topological polar surface area (TPSA) is 74.2 Å². The summed E-state index contributed by atoms with van der Waals surface area (Å²) in [4.78, 5) is 4.38. The molecular weight excluding hydrogens is 242 g/mol. The largest absolute Gasteiger partial charge is 0.497 e. The zero-order valence-corrected chi connectivity index (χ0v) is 11.7. The first-order chi connectivity index (χ1) is 8.89. The molecule has 0 radical (unpaired) electrons. The molecule has 1 aromatic carbocycles. The Bertz CT molecular complexity index is 570. The second kappa shape index (κ2) is 4.91. The van der Waals surface area contributed by atoms with Gasteiger partial charge in [0.25, 0.3) is 5.89 Å². The second-order valence-electron chi connectivity index (χ2n) is 5.71. The molecule has 1 aromatic heterocycles. The van der Waals surface area contributed by atoms with E-state index < -0.39 is 0 Å². The molecule has 0 unspecified atom stereocenters. The minimum absolute atomic E-state index is 0.118. The molecule has 5 heteroatoms. The highest BCUT2D eigenvalue weighted by atomic mass is 16.5. The quantitative estimate of drug-likeness (QED) is 0.860. The van der Waals surface area contributed by atoms with Crippen molar-refractivity contribution < 1.29 is 9.26 Å². The lowest BCUT2D eigenvalue weighted by Gasteiger charge is -2.14. The zero-order valence-electron chi connectivity index (χ0n) is 11.7. The van der Waals surface area contributed by atoms with Crippen molar-refractivity contribution >= 4 is 5.69 Å². The van der Waals surface area contributed by atoms with E-state index in [-0.39, 0.29) is 5.41 Å². The van der Waals surface area contributed by atoms with Crippen LogP contribution in [0.2, 0.25) is 0 Å². The minimum atomic E-state index is 0.118. The molecule has 0 saturated heterocycles. The summed E-state index contributed by atoms with van der Waals surface area (Å²) in [5, 5.41) is 3.99. The lowest BCUT2D eigenvalue weighted by molar-refractivity contribution is 0.374. The fourth-order valence-electron chi connectivity index (χ4n) is 1.77. The molecule has 0 aliphatic heterocycles. The Labute approximate surface area is 112 Å². The number of nitrogens with zero attached hydrogens (tertiary/aromatic N) is 2. The summed E-state index contributed by atoms with van der Waals surface area (Å²) >= 11 is 0. The molecule has 0 fully saturated rings. The summed E-state index contributed by atoms with van der Waals surface area (Å²) in [6.45, 7) is 6.39. The lowest BCUT2D eigenvalue weighted by atomic mass is 9.92. The van der Waals surface area contributed by atoms with Crippen LogP contribution in [0.4, 0.5) is 5.69 Å². The average molecular weight is 261 g/mol. The molecule has 1 heterocycles. The third-order valence-electron chi connectivity index (χ3n) is 2.65. The van der Waals surface area contributed by atoms with Crippen molar-refractivity contribution in [3.63, 3.8) is 0 Å². The Balaban J connectivity index is 2.28. The SMILES string of the molecule is COc1ccc(-c2nc(CC(C)(C)C)no2)c(N)c1. The molecule has 102 valence electrons. The predicted octanol–water partition coefficient (Wildman–Crippen LogP) is 2.92. The maximum Gasteiger partial charge on any atom is 0.260 e. The average Bonchev–Trinajstić information content (AvgIpc) is 2.74. The summed E-state index contributed by atoms with van der Waals surface area (Å²) in [5.74, 6) is 1.84. The molecule has 0 amide bonds. The molecule has 0 aliphatic rings. The predicted molar refractivity (Wildman–Crippen MR) is 73.9 cm³/mol. The van der Waals surface area contributed by atoms with Gasteiger partial charge in [-0.15, -0.1) is 0 Å². The van der Waals surface area contributed by atoms with Crippen molar-refractivity contribution in [2.45, 2.75) is 27.2 Å². The van der Waals surface area contributed by atoms with Gasteiger partial charge in [-0.2, -0.15) is 4.98 Å². The van der Waals surface area contributed by atoms with Crippen LogP contribution < -0.4 is 10.5 Å². The van der Waals surface area contributed by atoms with Crippen LogP contribution in [-0.4, -0.2) is 17.3 Å². The van der Waals surface area contributed by atoms with Gasteiger partial charge in [0.2, 0.25) is 0 Å². The van der Waals surface area contributed by atoms with Crippen molar-refractivity contribution in [3.05, 3.63) is 24.0 Å². The number of nitrogen functional groups attached to an aromatic ring is 1. The van der Waals surface area contributed by atoms with Crippen LogP contribution >= 0.6 is 0 Å². The van der Waals surface area contributed by atoms with Crippen LogP contribution in [0.15, 0.2) is 22.7 Å². The number of benzene rings is 1. The Morgan fingerprint density at radius 1 is 1.32 bits per heavy atom. The van der Waals surface area contributed by atoms with Gasteiger partial charge in [0, 0.05) is 18.2 Å². The number of hydrogen-bond donors (Lipinski definition) is 1. The van der Waals surface area contributed by atoms with Gasteiger partial charge in [0.1, 0.15) is 5.75 Å². The first-order valence-electron chi connectivity index (χ1n) is 6.15. The van der Waals surface area contributed by atoms with E-state index in [4.69, 9.17) is 15.0 Å². The van der Waals surface area contributed by atoms with E-state index >= 15 is 0 Å². The van der Waals surface area contributed by atoms with Crippen molar-refractivity contribution in [2.24, 2.45) is 5.41 Å². The normalized spacial score (nSPS) is 11.6. The monoisotopic (exact) mass is 261 g/mol. The summed E-state index contributed by atoms with van der Waals surface area (Å²) in [6, 6.07) is 5.38. The standard InChI is InChI=1S/C14H19N3O2/c1-14(2,3)8-12-16-13(19-17-12)10-6-5-9(18-4)7-11(10)15/h5-7H,8,15H2,1-4H3. The van der Waals surface area contributed by atoms with Gasteiger partial charge in [-0.25, -0.2) is 0 Å². The Morgan fingerprint density at radius 3 is 2.63 bits per heavy atom. The molecule has 0 atom stereocenters. The van der Waals surface area contributed by atoms with Crippen LogP contribution in [0.1, 0.15) is 26.6 Å². The lowest BCUT2D eigenvalue weighted by Crippen LogP contribution is -2.10. The van der Waals surface area contributed by atoms with Crippen molar-refractivity contribution in [2.75, 3.05) is 12.8 Å². The number of aromatic nitrogens is 2. The Kier molecular flexibility index (Phi) is 3.46. The van der Waals surface area contributed by atoms with Gasteiger partial charge < -0.3 is 15.0 Å². The molecule has 0 aliphatic carbocycles. The minimum Gasteiger partial charge on any atom is -0.497 e. The van der Waals surface area contributed by atoms with Crippen molar-refractivity contribution in [1.82, 2.24) is 10.1 Å². The highest BCUT2D eigenvalue weighted by molar-refractivity contribution is 5.71.